The Kier molecular flexibility index (Phi) is 5.28. The third-order valence-electron chi connectivity index (χ3n) is 7.41. The van der Waals surface area contributed by atoms with Gasteiger partial charge in [0.05, 0.1) is 11.6 Å². The van der Waals surface area contributed by atoms with Gasteiger partial charge in [0, 0.05) is 54.6 Å². The number of aliphatic carboxylic acids is 1. The van der Waals surface area contributed by atoms with E-state index in [1.165, 1.54) is 11.2 Å². The van der Waals surface area contributed by atoms with Crippen LogP contribution in [0.3, 0.4) is 0 Å². The molecule has 9 nitrogen and oxygen atoms in total. The summed E-state index contributed by atoms with van der Waals surface area (Å²) in [6.45, 7) is -0.0848. The lowest BCUT2D eigenvalue weighted by molar-refractivity contribution is -0.153. The standard InChI is InChI=1S/C23H26N4O5/c28-11-17-16-10-26-18(7-6-15(22(26)30)14-8-24-12-25-9-14)19(16)27(20(17)23(31)32)21(29)13-4-2-1-3-5-13/h6-9,12-13,16-17,19-20,28H,1-5,10-11H2,(H,31,32)/t16-,17-,19+,20-/m1/s1. The fourth-order valence-electron chi connectivity index (χ4n) is 5.93. The summed E-state index contributed by atoms with van der Waals surface area (Å²) in [6.07, 6.45) is 9.04. The number of rotatable bonds is 4. The van der Waals surface area contributed by atoms with Gasteiger partial charge < -0.3 is 19.7 Å². The van der Waals surface area contributed by atoms with Gasteiger partial charge in [-0.3, -0.25) is 9.59 Å². The lowest BCUT2D eigenvalue weighted by Crippen LogP contribution is -2.48. The predicted octanol–water partition coefficient (Wildman–Crippen LogP) is 1.46. The molecule has 0 bridgehead atoms. The van der Waals surface area contributed by atoms with Crippen molar-refractivity contribution in [1.82, 2.24) is 19.4 Å². The summed E-state index contributed by atoms with van der Waals surface area (Å²) in [5.74, 6) is -2.43. The third-order valence-corrected chi connectivity index (χ3v) is 7.41. The highest BCUT2D eigenvalue weighted by Crippen LogP contribution is 2.50. The average Bonchev–Trinajstić information content (AvgIpc) is 3.35. The Morgan fingerprint density at radius 3 is 2.47 bits per heavy atom. The zero-order chi connectivity index (χ0) is 22.4. The van der Waals surface area contributed by atoms with Crippen LogP contribution in [-0.4, -0.2) is 54.2 Å². The van der Waals surface area contributed by atoms with Crippen LogP contribution in [0.4, 0.5) is 0 Å². The van der Waals surface area contributed by atoms with Crippen molar-refractivity contribution in [2.24, 2.45) is 17.8 Å². The molecule has 0 spiro atoms. The topological polar surface area (TPSA) is 126 Å². The van der Waals surface area contributed by atoms with E-state index in [1.54, 1.807) is 29.1 Å². The van der Waals surface area contributed by atoms with Crippen LogP contribution in [-0.2, 0) is 16.1 Å². The summed E-state index contributed by atoms with van der Waals surface area (Å²) in [6, 6.07) is 1.88. The summed E-state index contributed by atoms with van der Waals surface area (Å²) in [7, 11) is 0. The minimum atomic E-state index is -1.10. The second-order valence-corrected chi connectivity index (χ2v) is 9.03. The normalized spacial score (nSPS) is 27.2. The first-order valence-corrected chi connectivity index (χ1v) is 11.2. The number of carbonyl (C=O) groups excluding carboxylic acids is 1. The number of hydrogen-bond donors (Lipinski definition) is 2. The van der Waals surface area contributed by atoms with Crippen molar-refractivity contribution in [2.45, 2.75) is 50.7 Å². The Balaban J connectivity index is 1.59. The molecule has 1 aliphatic carbocycles. The molecule has 3 aliphatic rings. The molecule has 0 unspecified atom stereocenters. The molecule has 4 atom stereocenters. The summed E-state index contributed by atoms with van der Waals surface area (Å²) in [4.78, 5) is 48.6. The molecule has 5 rings (SSSR count). The third kappa shape index (κ3) is 3.14. The quantitative estimate of drug-likeness (QED) is 0.740. The van der Waals surface area contributed by atoms with E-state index < -0.39 is 24.0 Å². The monoisotopic (exact) mass is 438 g/mol. The second kappa shape index (κ2) is 8.12. The maximum absolute atomic E-state index is 13.6. The second-order valence-electron chi connectivity index (χ2n) is 9.03. The lowest BCUT2D eigenvalue weighted by Gasteiger charge is -2.33. The van der Waals surface area contributed by atoms with Gasteiger partial charge in [0.2, 0.25) is 5.91 Å². The van der Waals surface area contributed by atoms with Gasteiger partial charge in [-0.05, 0) is 25.0 Å². The van der Waals surface area contributed by atoms with Crippen molar-refractivity contribution in [1.29, 1.82) is 0 Å². The first-order valence-electron chi connectivity index (χ1n) is 11.2. The number of fused-ring (bicyclic) bond motifs is 3. The zero-order valence-electron chi connectivity index (χ0n) is 17.6. The number of amides is 1. The number of carboxylic acids is 1. The molecule has 2 N–H and O–H groups in total. The number of aliphatic hydroxyl groups excluding tert-OH is 1. The van der Waals surface area contributed by atoms with Crippen molar-refractivity contribution < 1.29 is 19.8 Å². The van der Waals surface area contributed by atoms with Crippen LogP contribution in [0.2, 0.25) is 0 Å². The molecule has 32 heavy (non-hydrogen) atoms. The fraction of sp³-hybridized carbons (Fsp3) is 0.522. The predicted molar refractivity (Wildman–Crippen MR) is 113 cm³/mol. The summed E-state index contributed by atoms with van der Waals surface area (Å²) < 4.78 is 1.62. The van der Waals surface area contributed by atoms with E-state index in [1.807, 2.05) is 0 Å². The van der Waals surface area contributed by atoms with Crippen molar-refractivity contribution in [3.63, 3.8) is 0 Å². The molecule has 1 saturated heterocycles. The Morgan fingerprint density at radius 1 is 1.09 bits per heavy atom. The summed E-state index contributed by atoms with van der Waals surface area (Å²) in [5.41, 5.74) is 1.46. The van der Waals surface area contributed by atoms with E-state index in [0.29, 0.717) is 16.8 Å². The molecular weight excluding hydrogens is 412 g/mol. The van der Waals surface area contributed by atoms with Gasteiger partial charge in [0.15, 0.2) is 0 Å². The number of aliphatic hydroxyl groups is 1. The van der Waals surface area contributed by atoms with Crippen LogP contribution in [0.5, 0.6) is 0 Å². The Labute approximate surface area is 184 Å². The van der Waals surface area contributed by atoms with E-state index in [4.69, 9.17) is 0 Å². The van der Waals surface area contributed by atoms with Crippen LogP contribution < -0.4 is 5.56 Å². The van der Waals surface area contributed by atoms with Gasteiger partial charge in [0.25, 0.3) is 5.56 Å². The van der Waals surface area contributed by atoms with Crippen LogP contribution in [0, 0.1) is 17.8 Å². The minimum Gasteiger partial charge on any atom is -0.480 e. The largest absolute Gasteiger partial charge is 0.480 e. The fourth-order valence-corrected chi connectivity index (χ4v) is 5.93. The lowest BCUT2D eigenvalue weighted by atomic mass is 9.87. The SMILES string of the molecule is O=C(O)[C@H]1[C@H](CO)[C@H]2Cn3c(ccc(-c4cncnc4)c3=O)[C@H]2N1C(=O)C1CCCCC1. The smallest absolute Gasteiger partial charge is 0.326 e. The van der Waals surface area contributed by atoms with E-state index in [-0.39, 0.29) is 36.5 Å². The van der Waals surface area contributed by atoms with Crippen molar-refractivity contribution >= 4 is 11.9 Å². The summed E-state index contributed by atoms with van der Waals surface area (Å²) >= 11 is 0. The molecular formula is C23H26N4O5. The van der Waals surface area contributed by atoms with Crippen molar-refractivity contribution in [2.75, 3.05) is 6.61 Å². The Bertz CT molecular complexity index is 1100. The molecule has 2 aliphatic heterocycles. The molecule has 2 aromatic rings. The Morgan fingerprint density at radius 2 is 1.81 bits per heavy atom. The maximum Gasteiger partial charge on any atom is 0.326 e. The number of carboxylic acid groups (broad SMARTS) is 1. The number of carbonyl (C=O) groups is 2. The van der Waals surface area contributed by atoms with Gasteiger partial charge in [-0.15, -0.1) is 0 Å². The first kappa shape index (κ1) is 20.8. The number of nitrogens with zero attached hydrogens (tertiary/aromatic N) is 4. The highest BCUT2D eigenvalue weighted by Gasteiger charge is 2.58. The van der Waals surface area contributed by atoms with Gasteiger partial charge in [0.1, 0.15) is 12.4 Å². The van der Waals surface area contributed by atoms with Crippen LogP contribution in [0.25, 0.3) is 11.1 Å². The van der Waals surface area contributed by atoms with Crippen molar-refractivity contribution in [3.8, 4) is 11.1 Å². The molecule has 4 heterocycles. The van der Waals surface area contributed by atoms with Crippen LogP contribution in [0.1, 0.15) is 43.8 Å². The number of hydrogen-bond acceptors (Lipinski definition) is 6. The van der Waals surface area contributed by atoms with E-state index in [2.05, 4.69) is 9.97 Å². The summed E-state index contributed by atoms with van der Waals surface area (Å²) in [5, 5.41) is 20.1. The van der Waals surface area contributed by atoms with E-state index in [9.17, 15) is 24.6 Å². The van der Waals surface area contributed by atoms with Gasteiger partial charge in [-0.25, -0.2) is 14.8 Å². The maximum atomic E-state index is 13.6. The van der Waals surface area contributed by atoms with E-state index >= 15 is 0 Å². The molecule has 1 saturated carbocycles. The molecule has 168 valence electrons. The molecule has 1 amide bonds. The van der Waals surface area contributed by atoms with E-state index in [0.717, 1.165) is 32.1 Å². The highest BCUT2D eigenvalue weighted by molar-refractivity contribution is 5.87. The number of aromatic nitrogens is 3. The van der Waals surface area contributed by atoms with Gasteiger partial charge in [-0.2, -0.15) is 0 Å². The average molecular weight is 438 g/mol. The molecule has 9 heteroatoms. The highest BCUT2D eigenvalue weighted by atomic mass is 16.4. The number of pyridine rings is 1. The van der Waals surface area contributed by atoms with Gasteiger partial charge in [-0.1, -0.05) is 19.3 Å². The zero-order valence-corrected chi connectivity index (χ0v) is 17.6. The number of likely N-dealkylation sites (tertiary alicyclic amines) is 1. The Hall–Kier alpha value is -3.07. The first-order chi connectivity index (χ1) is 15.5. The molecule has 0 radical (unpaired) electrons. The van der Waals surface area contributed by atoms with Crippen LogP contribution >= 0.6 is 0 Å². The van der Waals surface area contributed by atoms with Crippen molar-refractivity contribution in [3.05, 3.63) is 46.9 Å². The van der Waals surface area contributed by atoms with Crippen LogP contribution in [0.15, 0.2) is 35.6 Å². The molecule has 2 aromatic heterocycles. The molecule has 0 aromatic carbocycles. The van der Waals surface area contributed by atoms with Gasteiger partial charge >= 0.3 is 5.97 Å². The molecule has 2 fully saturated rings. The minimum absolute atomic E-state index is 0.163.